The molecule has 0 spiro atoms. The van der Waals surface area contributed by atoms with Crippen molar-refractivity contribution in [1.82, 2.24) is 4.72 Å². The molecule has 0 saturated heterocycles. The van der Waals surface area contributed by atoms with Crippen LogP contribution in [0.3, 0.4) is 0 Å². The van der Waals surface area contributed by atoms with Crippen LogP contribution < -0.4 is 10.5 Å². The van der Waals surface area contributed by atoms with Gasteiger partial charge in [-0.2, -0.15) is 0 Å². The first kappa shape index (κ1) is 17.2. The second kappa shape index (κ2) is 6.92. The maximum atomic E-state index is 12.4. The number of primary amides is 1. The number of sulfonamides is 1. The molecular weight excluding hydrogens is 326 g/mol. The Hall–Kier alpha value is -2.20. The lowest BCUT2D eigenvalue weighted by molar-refractivity contribution is -0.384. The van der Waals surface area contributed by atoms with Gasteiger partial charge in [0.15, 0.2) is 0 Å². The molecule has 1 saturated carbocycles. The van der Waals surface area contributed by atoms with Crippen molar-refractivity contribution < 1.29 is 22.9 Å². The van der Waals surface area contributed by atoms with E-state index in [4.69, 9.17) is 10.5 Å². The molecule has 1 fully saturated rings. The van der Waals surface area contributed by atoms with Crippen molar-refractivity contribution in [2.45, 2.75) is 42.7 Å². The predicted octanol–water partition coefficient (Wildman–Crippen LogP) is 1.28. The molecule has 23 heavy (non-hydrogen) atoms. The third-order valence-corrected chi connectivity index (χ3v) is 5.14. The van der Waals surface area contributed by atoms with E-state index in [2.05, 4.69) is 4.72 Å². The van der Waals surface area contributed by atoms with E-state index in [9.17, 15) is 23.3 Å². The first-order valence-corrected chi connectivity index (χ1v) is 8.51. The molecule has 0 aliphatic heterocycles. The van der Waals surface area contributed by atoms with Crippen molar-refractivity contribution in [3.63, 3.8) is 0 Å². The van der Waals surface area contributed by atoms with Gasteiger partial charge in [-0.1, -0.05) is 6.42 Å². The quantitative estimate of drug-likeness (QED) is 0.609. The van der Waals surface area contributed by atoms with Gasteiger partial charge in [0.2, 0.25) is 10.0 Å². The highest BCUT2D eigenvalue weighted by Gasteiger charge is 2.31. The van der Waals surface area contributed by atoms with Gasteiger partial charge < -0.3 is 10.5 Å². The molecule has 0 radical (unpaired) electrons. The highest BCUT2D eigenvalue weighted by molar-refractivity contribution is 7.89. The van der Waals surface area contributed by atoms with Gasteiger partial charge in [-0.3, -0.25) is 10.1 Å². The fourth-order valence-electron chi connectivity index (χ4n) is 2.54. The SMILES string of the molecule is NC(=O)O[C@H]1CCCC[C@@H]1NS(=O)(=O)c1ccc([N+](=O)[O-])cc1. The number of nitro benzene ring substituents is 1. The largest absolute Gasteiger partial charge is 0.445 e. The Morgan fingerprint density at radius 2 is 1.87 bits per heavy atom. The third-order valence-electron chi connectivity index (χ3n) is 3.63. The molecule has 10 heteroatoms. The zero-order chi connectivity index (χ0) is 17.0. The highest BCUT2D eigenvalue weighted by atomic mass is 32.2. The normalized spacial score (nSPS) is 21.6. The average Bonchev–Trinajstić information content (AvgIpc) is 2.48. The molecule has 1 aromatic carbocycles. The van der Waals surface area contributed by atoms with Gasteiger partial charge in [-0.15, -0.1) is 0 Å². The maximum Gasteiger partial charge on any atom is 0.404 e. The van der Waals surface area contributed by atoms with Gasteiger partial charge in [0, 0.05) is 12.1 Å². The Labute approximate surface area is 133 Å². The molecule has 3 N–H and O–H groups in total. The molecule has 2 rings (SSSR count). The van der Waals surface area contributed by atoms with Gasteiger partial charge in [-0.25, -0.2) is 17.9 Å². The number of nitro groups is 1. The molecule has 1 amide bonds. The fourth-order valence-corrected chi connectivity index (χ4v) is 3.83. The Morgan fingerprint density at radius 3 is 2.43 bits per heavy atom. The van der Waals surface area contributed by atoms with Gasteiger partial charge in [0.1, 0.15) is 6.10 Å². The third kappa shape index (κ3) is 4.39. The smallest absolute Gasteiger partial charge is 0.404 e. The number of nitrogens with zero attached hydrogens (tertiary/aromatic N) is 1. The van der Waals surface area contributed by atoms with Crippen molar-refractivity contribution in [3.8, 4) is 0 Å². The van der Waals surface area contributed by atoms with E-state index in [-0.39, 0.29) is 10.6 Å². The van der Waals surface area contributed by atoms with E-state index in [0.29, 0.717) is 12.8 Å². The van der Waals surface area contributed by atoms with Gasteiger partial charge in [0.05, 0.1) is 15.9 Å². The van der Waals surface area contributed by atoms with E-state index in [1.54, 1.807) is 0 Å². The Morgan fingerprint density at radius 1 is 1.26 bits per heavy atom. The fraction of sp³-hybridized carbons (Fsp3) is 0.462. The molecular formula is C13H17N3O6S. The van der Waals surface area contributed by atoms with Crippen LogP contribution in [-0.2, 0) is 14.8 Å². The average molecular weight is 343 g/mol. The summed E-state index contributed by atoms with van der Waals surface area (Å²) in [6.45, 7) is 0. The summed E-state index contributed by atoms with van der Waals surface area (Å²) in [6, 6.07) is 3.98. The molecule has 9 nitrogen and oxygen atoms in total. The lowest BCUT2D eigenvalue weighted by Crippen LogP contribution is -2.47. The van der Waals surface area contributed by atoms with Crippen LogP contribution in [0.2, 0.25) is 0 Å². The molecule has 1 aliphatic carbocycles. The summed E-state index contributed by atoms with van der Waals surface area (Å²) in [4.78, 5) is 20.8. The summed E-state index contributed by atoms with van der Waals surface area (Å²) in [6.07, 6.45) is 1.09. The van der Waals surface area contributed by atoms with E-state index in [1.807, 2.05) is 0 Å². The Kier molecular flexibility index (Phi) is 5.16. The predicted molar refractivity (Wildman–Crippen MR) is 80.1 cm³/mol. The van der Waals surface area contributed by atoms with Crippen molar-refractivity contribution >= 4 is 21.8 Å². The summed E-state index contributed by atoms with van der Waals surface area (Å²) >= 11 is 0. The van der Waals surface area contributed by atoms with Crippen LogP contribution in [0.4, 0.5) is 10.5 Å². The first-order valence-electron chi connectivity index (χ1n) is 7.02. The second-order valence-corrected chi connectivity index (χ2v) is 6.95. The number of non-ortho nitro benzene ring substituents is 1. The molecule has 2 atom stereocenters. The van der Waals surface area contributed by atoms with Gasteiger partial charge in [-0.05, 0) is 31.4 Å². The minimum absolute atomic E-state index is 0.0912. The number of ether oxygens (including phenoxy) is 1. The van der Waals surface area contributed by atoms with Gasteiger partial charge in [0.25, 0.3) is 5.69 Å². The second-order valence-electron chi connectivity index (χ2n) is 5.24. The van der Waals surface area contributed by atoms with E-state index in [0.717, 1.165) is 37.1 Å². The lowest BCUT2D eigenvalue weighted by Gasteiger charge is -2.30. The van der Waals surface area contributed by atoms with Gasteiger partial charge >= 0.3 is 6.09 Å². The molecule has 126 valence electrons. The number of hydrogen-bond acceptors (Lipinski definition) is 6. The highest BCUT2D eigenvalue weighted by Crippen LogP contribution is 2.24. The molecule has 0 unspecified atom stereocenters. The topological polar surface area (TPSA) is 142 Å². The molecule has 0 bridgehead atoms. The molecule has 1 aliphatic rings. The zero-order valence-corrected chi connectivity index (χ0v) is 13.0. The maximum absolute atomic E-state index is 12.4. The van der Waals surface area contributed by atoms with E-state index < -0.39 is 33.2 Å². The number of benzene rings is 1. The number of amides is 1. The Bertz CT molecular complexity index is 688. The lowest BCUT2D eigenvalue weighted by atomic mass is 9.93. The van der Waals surface area contributed by atoms with Crippen molar-refractivity contribution in [2.75, 3.05) is 0 Å². The van der Waals surface area contributed by atoms with Crippen LogP contribution in [-0.4, -0.2) is 31.6 Å². The van der Waals surface area contributed by atoms with Crippen LogP contribution in [0.1, 0.15) is 25.7 Å². The summed E-state index contributed by atoms with van der Waals surface area (Å²) in [5.41, 5.74) is 4.81. The summed E-state index contributed by atoms with van der Waals surface area (Å²) in [5.74, 6) is 0. The summed E-state index contributed by atoms with van der Waals surface area (Å²) in [7, 11) is -3.88. The molecule has 1 aromatic rings. The van der Waals surface area contributed by atoms with Crippen LogP contribution in [0.5, 0.6) is 0 Å². The molecule has 0 aromatic heterocycles. The van der Waals surface area contributed by atoms with E-state index in [1.165, 1.54) is 0 Å². The number of rotatable bonds is 5. The van der Waals surface area contributed by atoms with Crippen LogP contribution in [0.25, 0.3) is 0 Å². The van der Waals surface area contributed by atoms with Crippen LogP contribution in [0.15, 0.2) is 29.2 Å². The summed E-state index contributed by atoms with van der Waals surface area (Å²) < 4.78 is 32.2. The van der Waals surface area contributed by atoms with Crippen molar-refractivity contribution in [2.24, 2.45) is 5.73 Å². The minimum Gasteiger partial charge on any atom is -0.445 e. The Balaban J connectivity index is 2.15. The van der Waals surface area contributed by atoms with Crippen molar-refractivity contribution in [1.29, 1.82) is 0 Å². The number of carbonyl (C=O) groups excluding carboxylic acids is 1. The number of nitrogens with one attached hydrogen (secondary N) is 1. The first-order chi connectivity index (χ1) is 10.8. The van der Waals surface area contributed by atoms with E-state index >= 15 is 0 Å². The zero-order valence-electron chi connectivity index (χ0n) is 12.2. The standard InChI is InChI=1S/C13H17N3O6S/c14-13(17)22-12-4-2-1-3-11(12)15-23(20,21)10-7-5-9(6-8-10)16(18)19/h5-8,11-12,15H,1-4H2,(H2,14,17)/t11-,12-/m0/s1. The number of hydrogen-bond donors (Lipinski definition) is 2. The van der Waals surface area contributed by atoms with Crippen LogP contribution in [0, 0.1) is 10.1 Å². The minimum atomic E-state index is -3.88. The molecule has 0 heterocycles. The summed E-state index contributed by atoms with van der Waals surface area (Å²) in [5, 5.41) is 10.6. The van der Waals surface area contributed by atoms with Crippen molar-refractivity contribution in [3.05, 3.63) is 34.4 Å². The van der Waals surface area contributed by atoms with Crippen LogP contribution >= 0.6 is 0 Å². The monoisotopic (exact) mass is 343 g/mol. The number of carbonyl (C=O) groups is 1. The number of nitrogens with two attached hydrogens (primary N) is 1.